The SMILES string of the molecule is Cl.Cl.O=C(C1CC2CCCCC2N1)N1CCCN(c2ccccc2)CC1. The molecule has 1 aliphatic carbocycles. The standard InChI is InChI=1S/C20H29N3O.2ClH/c24-20(19-15-16-7-4-5-10-18(16)21-19)23-12-6-11-22(13-14-23)17-8-2-1-3-9-17;;/h1-3,8-9,16,18-19,21H,4-7,10-15H2;2*1H. The number of benzene rings is 1. The number of carbonyl (C=O) groups is 1. The lowest BCUT2D eigenvalue weighted by atomic mass is 9.85. The van der Waals surface area contributed by atoms with Crippen LogP contribution in [0, 0.1) is 5.92 Å². The van der Waals surface area contributed by atoms with Crippen molar-refractivity contribution in [1.29, 1.82) is 0 Å². The Morgan fingerprint density at radius 3 is 2.46 bits per heavy atom. The first-order valence-corrected chi connectivity index (χ1v) is 9.66. The Morgan fingerprint density at radius 1 is 0.923 bits per heavy atom. The maximum absolute atomic E-state index is 13.0. The number of amides is 1. The molecule has 1 saturated carbocycles. The summed E-state index contributed by atoms with van der Waals surface area (Å²) in [5, 5.41) is 3.65. The van der Waals surface area contributed by atoms with Gasteiger partial charge in [0.2, 0.25) is 5.91 Å². The minimum absolute atomic E-state index is 0. The van der Waals surface area contributed by atoms with Gasteiger partial charge in [0.25, 0.3) is 0 Å². The molecule has 1 aromatic carbocycles. The molecule has 0 aromatic heterocycles. The van der Waals surface area contributed by atoms with Crippen molar-refractivity contribution in [3.8, 4) is 0 Å². The first-order chi connectivity index (χ1) is 11.8. The molecule has 2 saturated heterocycles. The lowest BCUT2D eigenvalue weighted by Crippen LogP contribution is -2.46. The van der Waals surface area contributed by atoms with Crippen LogP contribution in [0.3, 0.4) is 0 Å². The summed E-state index contributed by atoms with van der Waals surface area (Å²) < 4.78 is 0. The molecule has 6 heteroatoms. The van der Waals surface area contributed by atoms with Crippen LogP contribution in [0.2, 0.25) is 0 Å². The van der Waals surface area contributed by atoms with Crippen molar-refractivity contribution in [2.45, 2.75) is 50.6 Å². The fourth-order valence-corrected chi connectivity index (χ4v) is 4.77. The van der Waals surface area contributed by atoms with E-state index in [4.69, 9.17) is 0 Å². The highest BCUT2D eigenvalue weighted by molar-refractivity contribution is 5.85. The van der Waals surface area contributed by atoms with Crippen LogP contribution in [0.25, 0.3) is 0 Å². The van der Waals surface area contributed by atoms with Gasteiger partial charge in [0.15, 0.2) is 0 Å². The zero-order valence-corrected chi connectivity index (χ0v) is 16.9. The molecule has 1 aromatic rings. The summed E-state index contributed by atoms with van der Waals surface area (Å²) >= 11 is 0. The topological polar surface area (TPSA) is 35.6 Å². The average Bonchev–Trinajstić information content (AvgIpc) is 2.91. The van der Waals surface area contributed by atoms with Crippen LogP contribution in [0.4, 0.5) is 5.69 Å². The average molecular weight is 400 g/mol. The monoisotopic (exact) mass is 399 g/mol. The third kappa shape index (κ3) is 4.65. The van der Waals surface area contributed by atoms with Crippen molar-refractivity contribution < 1.29 is 4.79 Å². The van der Waals surface area contributed by atoms with Crippen LogP contribution in [-0.4, -0.2) is 49.1 Å². The summed E-state index contributed by atoms with van der Waals surface area (Å²) in [6, 6.07) is 11.2. The van der Waals surface area contributed by atoms with Crippen LogP contribution in [0.1, 0.15) is 38.5 Å². The van der Waals surface area contributed by atoms with E-state index in [1.165, 1.54) is 31.4 Å². The Bertz CT molecular complexity index is 557. The van der Waals surface area contributed by atoms with Crippen molar-refractivity contribution in [1.82, 2.24) is 10.2 Å². The lowest BCUT2D eigenvalue weighted by molar-refractivity contribution is -0.133. The van der Waals surface area contributed by atoms with Gasteiger partial charge < -0.3 is 15.1 Å². The Kier molecular flexibility index (Phi) is 8.05. The number of nitrogens with one attached hydrogen (secondary N) is 1. The van der Waals surface area contributed by atoms with Crippen molar-refractivity contribution >= 4 is 36.4 Å². The molecule has 1 N–H and O–H groups in total. The van der Waals surface area contributed by atoms with Crippen molar-refractivity contribution in [2.24, 2.45) is 5.92 Å². The molecule has 3 atom stereocenters. The van der Waals surface area contributed by atoms with E-state index in [0.717, 1.165) is 44.9 Å². The fourth-order valence-electron chi connectivity index (χ4n) is 4.77. The molecular formula is C20H31Cl2N3O. The zero-order chi connectivity index (χ0) is 16.4. The fraction of sp³-hybridized carbons (Fsp3) is 0.650. The normalized spacial score (nSPS) is 28.4. The van der Waals surface area contributed by atoms with Gasteiger partial charge in [-0.3, -0.25) is 4.79 Å². The van der Waals surface area contributed by atoms with E-state index in [1.54, 1.807) is 0 Å². The zero-order valence-electron chi connectivity index (χ0n) is 15.3. The smallest absolute Gasteiger partial charge is 0.239 e. The molecule has 3 fully saturated rings. The largest absolute Gasteiger partial charge is 0.370 e. The van der Waals surface area contributed by atoms with E-state index >= 15 is 0 Å². The second-order valence-corrected chi connectivity index (χ2v) is 7.61. The molecule has 146 valence electrons. The maximum atomic E-state index is 13.0. The van der Waals surface area contributed by atoms with Gasteiger partial charge in [0.1, 0.15) is 0 Å². The minimum Gasteiger partial charge on any atom is -0.370 e. The molecular weight excluding hydrogens is 369 g/mol. The summed E-state index contributed by atoms with van der Waals surface area (Å²) in [7, 11) is 0. The van der Waals surface area contributed by atoms with Crippen molar-refractivity contribution in [3.05, 3.63) is 30.3 Å². The number of fused-ring (bicyclic) bond motifs is 1. The van der Waals surface area contributed by atoms with Gasteiger partial charge >= 0.3 is 0 Å². The van der Waals surface area contributed by atoms with Crippen LogP contribution >= 0.6 is 24.8 Å². The van der Waals surface area contributed by atoms with Crippen LogP contribution in [0.5, 0.6) is 0 Å². The number of carbonyl (C=O) groups excluding carboxylic acids is 1. The van der Waals surface area contributed by atoms with E-state index in [1.807, 2.05) is 0 Å². The maximum Gasteiger partial charge on any atom is 0.239 e. The molecule has 0 bridgehead atoms. The van der Waals surface area contributed by atoms with E-state index in [0.29, 0.717) is 11.9 Å². The predicted molar refractivity (Wildman–Crippen MR) is 112 cm³/mol. The van der Waals surface area contributed by atoms with E-state index in [-0.39, 0.29) is 30.9 Å². The molecule has 0 radical (unpaired) electrons. The van der Waals surface area contributed by atoms with Gasteiger partial charge in [0.05, 0.1) is 6.04 Å². The third-order valence-electron chi connectivity index (χ3n) is 6.09. The molecule has 0 spiro atoms. The summed E-state index contributed by atoms with van der Waals surface area (Å²) in [5.41, 5.74) is 1.27. The molecule has 3 unspecified atom stereocenters. The number of hydrogen-bond donors (Lipinski definition) is 1. The van der Waals surface area contributed by atoms with Gasteiger partial charge in [-0.25, -0.2) is 0 Å². The van der Waals surface area contributed by atoms with E-state index in [2.05, 4.69) is 45.4 Å². The van der Waals surface area contributed by atoms with Crippen LogP contribution in [-0.2, 0) is 4.79 Å². The van der Waals surface area contributed by atoms with Gasteiger partial charge in [-0.1, -0.05) is 31.0 Å². The highest BCUT2D eigenvalue weighted by atomic mass is 35.5. The van der Waals surface area contributed by atoms with Gasteiger partial charge in [0, 0.05) is 37.9 Å². The van der Waals surface area contributed by atoms with Gasteiger partial charge in [-0.15, -0.1) is 24.8 Å². The second kappa shape index (κ2) is 9.82. The molecule has 2 aliphatic heterocycles. The number of hydrogen-bond acceptors (Lipinski definition) is 3. The number of para-hydroxylation sites is 1. The Labute approximate surface area is 169 Å². The first kappa shape index (κ1) is 21.3. The molecule has 4 nitrogen and oxygen atoms in total. The summed E-state index contributed by atoms with van der Waals surface area (Å²) in [6.45, 7) is 3.73. The lowest BCUT2D eigenvalue weighted by Gasteiger charge is -2.26. The Morgan fingerprint density at radius 2 is 1.69 bits per heavy atom. The molecule has 3 aliphatic rings. The third-order valence-corrected chi connectivity index (χ3v) is 6.09. The highest BCUT2D eigenvalue weighted by Crippen LogP contribution is 2.33. The first-order valence-electron chi connectivity index (χ1n) is 9.66. The van der Waals surface area contributed by atoms with E-state index < -0.39 is 0 Å². The molecule has 2 heterocycles. The van der Waals surface area contributed by atoms with Gasteiger partial charge in [-0.05, 0) is 43.7 Å². The summed E-state index contributed by atoms with van der Waals surface area (Å²) in [4.78, 5) is 17.5. The minimum atomic E-state index is 0. The van der Waals surface area contributed by atoms with E-state index in [9.17, 15) is 4.79 Å². The predicted octanol–water partition coefficient (Wildman–Crippen LogP) is 3.49. The number of halogens is 2. The quantitative estimate of drug-likeness (QED) is 0.826. The highest BCUT2D eigenvalue weighted by Gasteiger charge is 2.39. The molecule has 1 amide bonds. The second-order valence-electron chi connectivity index (χ2n) is 7.61. The molecule has 26 heavy (non-hydrogen) atoms. The summed E-state index contributed by atoms with van der Waals surface area (Å²) in [6.07, 6.45) is 7.35. The summed E-state index contributed by atoms with van der Waals surface area (Å²) in [5.74, 6) is 1.08. The Hall–Kier alpha value is -0.970. The van der Waals surface area contributed by atoms with Crippen molar-refractivity contribution in [3.63, 3.8) is 0 Å². The van der Waals surface area contributed by atoms with Crippen LogP contribution in [0.15, 0.2) is 30.3 Å². The van der Waals surface area contributed by atoms with Crippen LogP contribution < -0.4 is 10.2 Å². The Balaban J connectivity index is 0.00000121. The van der Waals surface area contributed by atoms with Gasteiger partial charge in [-0.2, -0.15) is 0 Å². The number of anilines is 1. The number of nitrogens with zero attached hydrogens (tertiary/aromatic N) is 2. The molecule has 4 rings (SSSR count). The van der Waals surface area contributed by atoms with Crippen molar-refractivity contribution in [2.75, 3.05) is 31.1 Å². The number of rotatable bonds is 2.